The van der Waals surface area contributed by atoms with E-state index in [0.29, 0.717) is 25.1 Å². The first-order valence-electron chi connectivity index (χ1n) is 8.52. The molecule has 0 aliphatic carbocycles. The number of likely N-dealkylation sites (tertiary alicyclic amines) is 1. The molecule has 1 aliphatic heterocycles. The smallest absolute Gasteiger partial charge is 0.308 e. The Labute approximate surface area is 143 Å². The van der Waals surface area contributed by atoms with Gasteiger partial charge in [0.15, 0.2) is 0 Å². The Balaban J connectivity index is 1.85. The highest BCUT2D eigenvalue weighted by atomic mass is 16.5. The van der Waals surface area contributed by atoms with E-state index in [-0.39, 0.29) is 12.5 Å². The number of hydrogen-bond donors (Lipinski definition) is 1. The molecule has 1 N–H and O–H groups in total. The summed E-state index contributed by atoms with van der Waals surface area (Å²) >= 11 is 0. The van der Waals surface area contributed by atoms with E-state index in [0.717, 1.165) is 25.4 Å². The zero-order chi connectivity index (χ0) is 17.5. The summed E-state index contributed by atoms with van der Waals surface area (Å²) in [5.74, 6) is -0.657. The number of carbonyl (C=O) groups excluding carboxylic acids is 1. The van der Waals surface area contributed by atoms with E-state index in [4.69, 9.17) is 9.84 Å². The number of nitrogens with zero attached hydrogens (tertiary/aromatic N) is 2. The first-order valence-corrected chi connectivity index (χ1v) is 8.52. The third kappa shape index (κ3) is 4.71. The Morgan fingerprint density at radius 1 is 1.25 bits per heavy atom. The molecule has 6 nitrogen and oxygen atoms in total. The summed E-state index contributed by atoms with van der Waals surface area (Å²) in [5.41, 5.74) is 0.567. The van der Waals surface area contributed by atoms with E-state index >= 15 is 0 Å². The van der Waals surface area contributed by atoms with Crippen LogP contribution in [0.2, 0.25) is 0 Å². The zero-order valence-corrected chi connectivity index (χ0v) is 14.4. The van der Waals surface area contributed by atoms with Gasteiger partial charge >= 0.3 is 5.97 Å². The quantitative estimate of drug-likeness (QED) is 0.787. The number of benzene rings is 1. The summed E-state index contributed by atoms with van der Waals surface area (Å²) in [6, 6.07) is 7.06. The lowest BCUT2D eigenvalue weighted by molar-refractivity contribution is -0.141. The Morgan fingerprint density at radius 2 is 1.92 bits per heavy atom. The lowest BCUT2D eigenvalue weighted by atomic mass is 10.1. The third-order valence-electron chi connectivity index (χ3n) is 4.50. The maximum atomic E-state index is 12.4. The average molecular weight is 334 g/mol. The highest BCUT2D eigenvalue weighted by Gasteiger charge is 2.31. The molecule has 1 aromatic carbocycles. The Hall–Kier alpha value is -2.08. The van der Waals surface area contributed by atoms with Gasteiger partial charge in [-0.2, -0.15) is 0 Å². The van der Waals surface area contributed by atoms with Crippen LogP contribution in [0.3, 0.4) is 0 Å². The van der Waals surface area contributed by atoms with Crippen LogP contribution in [0.1, 0.15) is 30.6 Å². The molecule has 132 valence electrons. The van der Waals surface area contributed by atoms with E-state index in [1.54, 1.807) is 29.2 Å². The van der Waals surface area contributed by atoms with E-state index in [1.165, 1.54) is 0 Å². The number of rotatable bonds is 8. The molecule has 0 aromatic heterocycles. The molecule has 2 rings (SSSR count). The number of aliphatic carboxylic acids is 1. The van der Waals surface area contributed by atoms with Gasteiger partial charge in [-0.25, -0.2) is 0 Å². The minimum absolute atomic E-state index is 0.117. The standard InChI is InChI=1S/C18H26N2O4/c1-3-19(4-2)11-12-24-16-7-5-14(6-8-16)17(21)20-10-9-15(13-20)18(22)23/h5-8,15H,3-4,9-13H2,1-2H3,(H,22,23)/t15-/m0/s1. The summed E-state index contributed by atoms with van der Waals surface area (Å²) in [6.07, 6.45) is 0.521. The summed E-state index contributed by atoms with van der Waals surface area (Å²) in [7, 11) is 0. The lowest BCUT2D eigenvalue weighted by Gasteiger charge is -2.18. The summed E-state index contributed by atoms with van der Waals surface area (Å²) in [5, 5.41) is 9.02. The van der Waals surface area contributed by atoms with Crippen LogP contribution in [0.5, 0.6) is 5.75 Å². The SMILES string of the molecule is CCN(CC)CCOc1ccc(C(=O)N2CC[C@H](C(=O)O)C2)cc1. The summed E-state index contributed by atoms with van der Waals surface area (Å²) < 4.78 is 5.70. The Kier molecular flexibility index (Phi) is 6.61. The molecule has 0 bridgehead atoms. The number of ether oxygens (including phenoxy) is 1. The maximum absolute atomic E-state index is 12.4. The van der Waals surface area contributed by atoms with E-state index in [2.05, 4.69) is 18.7 Å². The van der Waals surface area contributed by atoms with Crippen molar-refractivity contribution < 1.29 is 19.4 Å². The third-order valence-corrected chi connectivity index (χ3v) is 4.50. The van der Waals surface area contributed by atoms with Gasteiger partial charge in [0.25, 0.3) is 5.91 Å². The summed E-state index contributed by atoms with van der Waals surface area (Å²) in [4.78, 5) is 27.3. The maximum Gasteiger partial charge on any atom is 0.308 e. The molecule has 0 saturated carbocycles. The van der Waals surface area contributed by atoms with Crippen molar-refractivity contribution in [2.45, 2.75) is 20.3 Å². The van der Waals surface area contributed by atoms with Gasteiger partial charge in [-0.15, -0.1) is 0 Å². The van der Waals surface area contributed by atoms with Gasteiger partial charge in [-0.3, -0.25) is 9.59 Å². The normalized spacial score (nSPS) is 17.3. The van der Waals surface area contributed by atoms with Gasteiger partial charge < -0.3 is 19.6 Å². The minimum Gasteiger partial charge on any atom is -0.492 e. The molecule has 1 atom stereocenters. The van der Waals surface area contributed by atoms with Crippen molar-refractivity contribution >= 4 is 11.9 Å². The van der Waals surface area contributed by atoms with Crippen LogP contribution >= 0.6 is 0 Å². The van der Waals surface area contributed by atoms with Crippen molar-refractivity contribution in [3.8, 4) is 5.75 Å². The molecule has 1 aliphatic rings. The predicted molar refractivity (Wildman–Crippen MR) is 91.4 cm³/mol. The van der Waals surface area contributed by atoms with Crippen molar-refractivity contribution in [1.82, 2.24) is 9.80 Å². The van der Waals surface area contributed by atoms with Crippen molar-refractivity contribution in [2.75, 3.05) is 39.3 Å². The molecule has 1 saturated heterocycles. The summed E-state index contributed by atoms with van der Waals surface area (Å²) in [6.45, 7) is 8.52. The van der Waals surface area contributed by atoms with E-state index in [1.807, 2.05) is 0 Å². The first-order chi connectivity index (χ1) is 11.5. The van der Waals surface area contributed by atoms with Crippen LogP contribution in [-0.2, 0) is 4.79 Å². The Bertz CT molecular complexity index is 555. The van der Waals surface area contributed by atoms with E-state index < -0.39 is 11.9 Å². The van der Waals surface area contributed by atoms with Crippen LogP contribution in [0.25, 0.3) is 0 Å². The van der Waals surface area contributed by atoms with Gasteiger partial charge in [0.1, 0.15) is 12.4 Å². The van der Waals surface area contributed by atoms with Crippen LogP contribution in [0, 0.1) is 5.92 Å². The molecule has 6 heteroatoms. The van der Waals surface area contributed by atoms with Crippen molar-refractivity contribution in [3.05, 3.63) is 29.8 Å². The van der Waals surface area contributed by atoms with Crippen LogP contribution < -0.4 is 4.74 Å². The van der Waals surface area contributed by atoms with Crippen LogP contribution in [-0.4, -0.2) is 66.1 Å². The second-order valence-corrected chi connectivity index (χ2v) is 5.97. The topological polar surface area (TPSA) is 70.1 Å². The van der Waals surface area contributed by atoms with Crippen molar-refractivity contribution in [1.29, 1.82) is 0 Å². The minimum atomic E-state index is -0.831. The second-order valence-electron chi connectivity index (χ2n) is 5.97. The fraction of sp³-hybridized carbons (Fsp3) is 0.556. The van der Waals surface area contributed by atoms with Crippen molar-refractivity contribution in [3.63, 3.8) is 0 Å². The molecule has 1 amide bonds. The largest absolute Gasteiger partial charge is 0.492 e. The molecule has 1 heterocycles. The molecule has 24 heavy (non-hydrogen) atoms. The highest BCUT2D eigenvalue weighted by Crippen LogP contribution is 2.20. The molecular weight excluding hydrogens is 308 g/mol. The Morgan fingerprint density at radius 3 is 2.46 bits per heavy atom. The number of hydrogen-bond acceptors (Lipinski definition) is 4. The van der Waals surface area contributed by atoms with Crippen LogP contribution in [0.15, 0.2) is 24.3 Å². The fourth-order valence-corrected chi connectivity index (χ4v) is 2.86. The predicted octanol–water partition coefficient (Wildman–Crippen LogP) is 1.95. The zero-order valence-electron chi connectivity index (χ0n) is 14.4. The number of likely N-dealkylation sites (N-methyl/N-ethyl adjacent to an activating group) is 1. The molecule has 0 unspecified atom stereocenters. The molecule has 1 fully saturated rings. The van der Waals surface area contributed by atoms with Gasteiger partial charge in [0, 0.05) is 25.2 Å². The molecule has 0 radical (unpaired) electrons. The molecular formula is C18H26N2O4. The molecule has 0 spiro atoms. The van der Waals surface area contributed by atoms with Gasteiger partial charge in [-0.1, -0.05) is 13.8 Å². The van der Waals surface area contributed by atoms with Gasteiger partial charge in [-0.05, 0) is 43.8 Å². The number of carboxylic acids is 1. The average Bonchev–Trinajstić information content (AvgIpc) is 3.09. The molecule has 1 aromatic rings. The number of carboxylic acid groups (broad SMARTS) is 1. The van der Waals surface area contributed by atoms with Gasteiger partial charge in [0.05, 0.1) is 5.92 Å². The number of carbonyl (C=O) groups is 2. The first kappa shape index (κ1) is 18.3. The number of amides is 1. The van der Waals surface area contributed by atoms with E-state index in [9.17, 15) is 9.59 Å². The van der Waals surface area contributed by atoms with Crippen molar-refractivity contribution in [2.24, 2.45) is 5.92 Å². The highest BCUT2D eigenvalue weighted by molar-refractivity contribution is 5.94. The van der Waals surface area contributed by atoms with Crippen LogP contribution in [0.4, 0.5) is 0 Å². The monoisotopic (exact) mass is 334 g/mol. The second kappa shape index (κ2) is 8.68. The lowest BCUT2D eigenvalue weighted by Crippen LogP contribution is -2.30. The fourth-order valence-electron chi connectivity index (χ4n) is 2.86. The van der Waals surface area contributed by atoms with Gasteiger partial charge in [0.2, 0.25) is 0 Å².